The first-order valence-corrected chi connectivity index (χ1v) is 6.71. The van der Waals surface area contributed by atoms with Gasteiger partial charge >= 0.3 is 0 Å². The van der Waals surface area contributed by atoms with Crippen molar-refractivity contribution in [1.82, 2.24) is 10.2 Å². The predicted molar refractivity (Wildman–Crippen MR) is 68.6 cm³/mol. The van der Waals surface area contributed by atoms with Crippen molar-refractivity contribution in [3.05, 3.63) is 0 Å². The molecular weight excluding hydrogens is 200 g/mol. The quantitative estimate of drug-likeness (QED) is 0.692. The van der Waals surface area contributed by atoms with E-state index in [9.17, 15) is 5.11 Å². The van der Waals surface area contributed by atoms with Gasteiger partial charge < -0.3 is 15.3 Å². The number of aliphatic hydroxyl groups is 1. The summed E-state index contributed by atoms with van der Waals surface area (Å²) in [6.45, 7) is 11.1. The number of hydrogen-bond donors (Lipinski definition) is 2. The summed E-state index contributed by atoms with van der Waals surface area (Å²) in [6, 6.07) is 0. The van der Waals surface area contributed by atoms with Crippen molar-refractivity contribution in [2.24, 2.45) is 5.92 Å². The van der Waals surface area contributed by atoms with Crippen LogP contribution < -0.4 is 5.32 Å². The highest BCUT2D eigenvalue weighted by Crippen LogP contribution is 2.20. The molecule has 1 rings (SSSR count). The molecule has 3 heteroatoms. The van der Waals surface area contributed by atoms with Crippen LogP contribution in [0.4, 0.5) is 0 Å². The molecule has 0 bridgehead atoms. The van der Waals surface area contributed by atoms with Crippen molar-refractivity contribution in [1.29, 1.82) is 0 Å². The zero-order valence-electron chi connectivity index (χ0n) is 11.1. The van der Waals surface area contributed by atoms with E-state index in [0.29, 0.717) is 0 Å². The Balaban J connectivity index is 2.37. The van der Waals surface area contributed by atoms with Crippen LogP contribution in [-0.4, -0.2) is 48.3 Å². The Bertz CT molecular complexity index is 198. The topological polar surface area (TPSA) is 35.5 Å². The average Bonchev–Trinajstić information content (AvgIpc) is 2.74. The fraction of sp³-hybridized carbons (Fsp3) is 1.00. The van der Waals surface area contributed by atoms with Crippen LogP contribution in [0.5, 0.6) is 0 Å². The lowest BCUT2D eigenvalue weighted by molar-refractivity contribution is 0.130. The highest BCUT2D eigenvalue weighted by atomic mass is 16.3. The van der Waals surface area contributed by atoms with Gasteiger partial charge in [-0.15, -0.1) is 0 Å². The lowest BCUT2D eigenvalue weighted by atomic mass is 10.0. The third kappa shape index (κ3) is 4.04. The summed E-state index contributed by atoms with van der Waals surface area (Å²) in [6.07, 6.45) is 3.73. The molecule has 2 atom stereocenters. The maximum atomic E-state index is 9.51. The van der Waals surface area contributed by atoms with E-state index in [-0.39, 0.29) is 12.1 Å². The first-order valence-electron chi connectivity index (χ1n) is 6.71. The first-order chi connectivity index (χ1) is 7.63. The Morgan fingerprint density at radius 1 is 1.44 bits per heavy atom. The van der Waals surface area contributed by atoms with E-state index in [4.69, 9.17) is 0 Å². The maximum Gasteiger partial charge on any atom is 0.0623 e. The molecule has 0 aliphatic carbocycles. The zero-order chi connectivity index (χ0) is 12.0. The van der Waals surface area contributed by atoms with Gasteiger partial charge in [0.05, 0.1) is 12.1 Å². The van der Waals surface area contributed by atoms with Crippen molar-refractivity contribution >= 4 is 0 Å². The number of hydrogen-bond acceptors (Lipinski definition) is 3. The Kier molecular flexibility index (Phi) is 5.73. The second-order valence-corrected chi connectivity index (χ2v) is 5.44. The Hall–Kier alpha value is -0.120. The number of nitrogens with zero attached hydrogens (tertiary/aromatic N) is 1. The van der Waals surface area contributed by atoms with Gasteiger partial charge in [-0.25, -0.2) is 0 Å². The molecule has 0 aromatic rings. The van der Waals surface area contributed by atoms with E-state index in [1.165, 1.54) is 25.9 Å². The Morgan fingerprint density at radius 3 is 2.69 bits per heavy atom. The van der Waals surface area contributed by atoms with Gasteiger partial charge in [0.25, 0.3) is 0 Å². The van der Waals surface area contributed by atoms with Crippen molar-refractivity contribution < 1.29 is 5.11 Å². The van der Waals surface area contributed by atoms with Crippen LogP contribution in [0.3, 0.4) is 0 Å². The molecule has 2 unspecified atom stereocenters. The summed E-state index contributed by atoms with van der Waals surface area (Å²) in [4.78, 5) is 2.49. The van der Waals surface area contributed by atoms with E-state index in [1.54, 1.807) is 0 Å². The van der Waals surface area contributed by atoms with Gasteiger partial charge in [-0.05, 0) is 38.8 Å². The number of nitrogens with one attached hydrogen (secondary N) is 1. The molecule has 0 saturated carbocycles. The normalized spacial score (nSPS) is 25.9. The molecule has 0 spiro atoms. The fourth-order valence-corrected chi connectivity index (χ4v) is 2.47. The van der Waals surface area contributed by atoms with Gasteiger partial charge in [-0.2, -0.15) is 0 Å². The molecule has 16 heavy (non-hydrogen) atoms. The van der Waals surface area contributed by atoms with Gasteiger partial charge in [-0.3, -0.25) is 0 Å². The molecule has 1 saturated heterocycles. The summed E-state index contributed by atoms with van der Waals surface area (Å²) in [5, 5.41) is 13.0. The van der Waals surface area contributed by atoms with Crippen molar-refractivity contribution in [2.75, 3.05) is 32.8 Å². The molecule has 96 valence electrons. The molecule has 0 aromatic carbocycles. The Morgan fingerprint density at radius 2 is 2.19 bits per heavy atom. The summed E-state index contributed by atoms with van der Waals surface area (Å²) < 4.78 is 0. The predicted octanol–water partition coefficient (Wildman–Crippen LogP) is 1.47. The van der Waals surface area contributed by atoms with Crippen LogP contribution in [0.15, 0.2) is 0 Å². The third-order valence-electron chi connectivity index (χ3n) is 3.67. The minimum absolute atomic E-state index is 0.126. The molecule has 0 aromatic heterocycles. The van der Waals surface area contributed by atoms with Crippen molar-refractivity contribution in [3.63, 3.8) is 0 Å². The molecule has 1 heterocycles. The van der Waals surface area contributed by atoms with Crippen molar-refractivity contribution in [2.45, 2.75) is 45.6 Å². The van der Waals surface area contributed by atoms with Crippen LogP contribution in [0.25, 0.3) is 0 Å². The van der Waals surface area contributed by atoms with E-state index >= 15 is 0 Å². The van der Waals surface area contributed by atoms with Crippen LogP contribution >= 0.6 is 0 Å². The molecule has 3 nitrogen and oxygen atoms in total. The average molecular weight is 228 g/mol. The molecule has 1 fully saturated rings. The minimum Gasteiger partial charge on any atom is -0.394 e. The molecule has 0 radical (unpaired) electrons. The molecule has 1 aliphatic heterocycles. The third-order valence-corrected chi connectivity index (χ3v) is 3.67. The highest BCUT2D eigenvalue weighted by Gasteiger charge is 2.29. The van der Waals surface area contributed by atoms with Crippen molar-refractivity contribution in [3.8, 4) is 0 Å². The first kappa shape index (κ1) is 13.9. The zero-order valence-corrected chi connectivity index (χ0v) is 11.1. The largest absolute Gasteiger partial charge is 0.394 e. The van der Waals surface area contributed by atoms with E-state index in [0.717, 1.165) is 25.4 Å². The summed E-state index contributed by atoms with van der Waals surface area (Å²) >= 11 is 0. The van der Waals surface area contributed by atoms with Gasteiger partial charge in [-0.1, -0.05) is 20.3 Å². The lowest BCUT2D eigenvalue weighted by Gasteiger charge is -2.33. The van der Waals surface area contributed by atoms with E-state index in [2.05, 4.69) is 31.0 Å². The monoisotopic (exact) mass is 228 g/mol. The number of likely N-dealkylation sites (tertiary alicyclic amines) is 1. The van der Waals surface area contributed by atoms with Crippen LogP contribution in [0, 0.1) is 5.92 Å². The second kappa shape index (κ2) is 6.58. The van der Waals surface area contributed by atoms with Gasteiger partial charge in [0.15, 0.2) is 0 Å². The summed E-state index contributed by atoms with van der Waals surface area (Å²) in [7, 11) is 0. The summed E-state index contributed by atoms with van der Waals surface area (Å²) in [5.74, 6) is 0.870. The van der Waals surface area contributed by atoms with Gasteiger partial charge in [0, 0.05) is 13.1 Å². The number of rotatable bonds is 7. The SMILES string of the molecule is CCCNC(C)(CO)CN1CCC(CC)C1. The van der Waals surface area contributed by atoms with Crippen LogP contribution in [0.1, 0.15) is 40.0 Å². The van der Waals surface area contributed by atoms with E-state index < -0.39 is 0 Å². The van der Waals surface area contributed by atoms with Gasteiger partial charge in [0.1, 0.15) is 0 Å². The molecule has 0 amide bonds. The van der Waals surface area contributed by atoms with Crippen LogP contribution in [0.2, 0.25) is 0 Å². The molecule has 2 N–H and O–H groups in total. The minimum atomic E-state index is -0.126. The molecular formula is C13H28N2O. The maximum absolute atomic E-state index is 9.51. The molecule has 1 aliphatic rings. The number of aliphatic hydroxyl groups excluding tert-OH is 1. The lowest BCUT2D eigenvalue weighted by Crippen LogP contribution is -2.53. The second-order valence-electron chi connectivity index (χ2n) is 5.44. The fourth-order valence-electron chi connectivity index (χ4n) is 2.47. The highest BCUT2D eigenvalue weighted by molar-refractivity contribution is 4.88. The standard InChI is InChI=1S/C13H28N2O/c1-4-7-14-13(3,11-16)10-15-8-6-12(5-2)9-15/h12,14,16H,4-11H2,1-3H3. The Labute approximate surface area is 100 Å². The van der Waals surface area contributed by atoms with Gasteiger partial charge in [0.2, 0.25) is 0 Å². The smallest absolute Gasteiger partial charge is 0.0623 e. The van der Waals surface area contributed by atoms with Crippen LogP contribution in [-0.2, 0) is 0 Å². The van der Waals surface area contributed by atoms with E-state index in [1.807, 2.05) is 0 Å². The summed E-state index contributed by atoms with van der Waals surface area (Å²) in [5.41, 5.74) is -0.126.